The standard InChI is InChI=1S/C28H27F2N3O6/c1-4-28(30)10-21(28)33-12-18(27(35)36)25(34)16-9-19(29)24(26(38-3)23(16)33)32-11-17-20(13-32)39-31-22(17)14-5-7-15(37-2)8-6-14/h5-9,12,17,20-21H,4,10-11,13H2,1-3H3,(H,35,36). The molecule has 1 aromatic heterocycles. The number of alkyl halides is 1. The molecular weight excluding hydrogens is 512 g/mol. The van der Waals surface area contributed by atoms with Crippen LogP contribution in [0.1, 0.15) is 41.7 Å². The van der Waals surface area contributed by atoms with Gasteiger partial charge in [0.05, 0.1) is 49.3 Å². The first-order valence-electron chi connectivity index (χ1n) is 12.7. The summed E-state index contributed by atoms with van der Waals surface area (Å²) in [7, 11) is 2.94. The molecule has 204 valence electrons. The third-order valence-electron chi connectivity index (χ3n) is 8.13. The van der Waals surface area contributed by atoms with Gasteiger partial charge < -0.3 is 28.9 Å². The summed E-state index contributed by atoms with van der Waals surface area (Å²) >= 11 is 0. The number of hydrogen-bond acceptors (Lipinski definition) is 7. The molecule has 1 N–H and O–H groups in total. The van der Waals surface area contributed by atoms with Crippen molar-refractivity contribution in [3.8, 4) is 11.5 Å². The van der Waals surface area contributed by atoms with E-state index in [9.17, 15) is 14.7 Å². The summed E-state index contributed by atoms with van der Waals surface area (Å²) in [6, 6.07) is 7.75. The Morgan fingerprint density at radius 2 is 1.97 bits per heavy atom. The maximum Gasteiger partial charge on any atom is 0.341 e. The normalized spacial score (nSPS) is 25.3. The molecule has 1 saturated heterocycles. The van der Waals surface area contributed by atoms with Crippen LogP contribution in [0.3, 0.4) is 0 Å². The molecule has 4 unspecified atom stereocenters. The zero-order valence-corrected chi connectivity index (χ0v) is 21.6. The van der Waals surface area contributed by atoms with Crippen molar-refractivity contribution in [1.29, 1.82) is 0 Å². The third kappa shape index (κ3) is 3.82. The molecule has 1 aliphatic carbocycles. The van der Waals surface area contributed by atoms with Crippen LogP contribution in [0.15, 0.2) is 46.5 Å². The fraction of sp³-hybridized carbons (Fsp3) is 0.393. The molecule has 3 heterocycles. The van der Waals surface area contributed by atoms with Gasteiger partial charge in [0.2, 0.25) is 5.43 Å². The number of nitrogens with zero attached hydrogens (tertiary/aromatic N) is 3. The number of aromatic carboxylic acids is 1. The third-order valence-corrected chi connectivity index (χ3v) is 8.13. The van der Waals surface area contributed by atoms with E-state index in [4.69, 9.17) is 14.3 Å². The van der Waals surface area contributed by atoms with E-state index in [1.807, 2.05) is 24.3 Å². The second-order valence-corrected chi connectivity index (χ2v) is 10.2. The zero-order valence-electron chi connectivity index (χ0n) is 21.6. The Labute approximate surface area is 222 Å². The average Bonchev–Trinajstić information content (AvgIpc) is 3.23. The highest BCUT2D eigenvalue weighted by atomic mass is 19.1. The summed E-state index contributed by atoms with van der Waals surface area (Å²) in [5.41, 5.74) is -1.09. The number of aromatic nitrogens is 1. The molecular formula is C28H27F2N3O6. The van der Waals surface area contributed by atoms with Gasteiger partial charge in [-0.1, -0.05) is 12.1 Å². The summed E-state index contributed by atoms with van der Waals surface area (Å²) in [5, 5.41) is 13.7. The average molecular weight is 540 g/mol. The predicted molar refractivity (Wildman–Crippen MR) is 140 cm³/mol. The van der Waals surface area contributed by atoms with Gasteiger partial charge in [0, 0.05) is 24.7 Å². The van der Waals surface area contributed by atoms with Crippen molar-refractivity contribution in [2.75, 3.05) is 32.2 Å². The number of benzene rings is 2. The molecule has 39 heavy (non-hydrogen) atoms. The fourth-order valence-corrected chi connectivity index (χ4v) is 5.87. The molecule has 2 fully saturated rings. The number of carbonyl (C=O) groups is 1. The Balaban J connectivity index is 1.45. The molecule has 0 spiro atoms. The van der Waals surface area contributed by atoms with Gasteiger partial charge in [0.15, 0.2) is 17.7 Å². The highest BCUT2D eigenvalue weighted by molar-refractivity contribution is 6.04. The fourth-order valence-electron chi connectivity index (χ4n) is 5.87. The highest BCUT2D eigenvalue weighted by Gasteiger charge is 2.56. The molecule has 0 radical (unpaired) electrons. The minimum atomic E-state index is -1.56. The van der Waals surface area contributed by atoms with Crippen LogP contribution in [0.25, 0.3) is 10.9 Å². The van der Waals surface area contributed by atoms with Crippen molar-refractivity contribution in [1.82, 2.24) is 4.57 Å². The molecule has 2 aromatic carbocycles. The number of rotatable bonds is 7. The SMILES string of the molecule is CCC1(F)CC1n1cc(C(=O)O)c(=O)c2cc(F)c(N3CC4ON=C(c5ccc(OC)cc5)C4C3)c(OC)c21. The van der Waals surface area contributed by atoms with Gasteiger partial charge in [-0.3, -0.25) is 4.79 Å². The van der Waals surface area contributed by atoms with Gasteiger partial charge in [-0.05, 0) is 36.8 Å². The molecule has 4 atom stereocenters. The summed E-state index contributed by atoms with van der Waals surface area (Å²) in [6.45, 7) is 2.36. The Morgan fingerprint density at radius 3 is 2.59 bits per heavy atom. The first-order valence-corrected chi connectivity index (χ1v) is 12.7. The van der Waals surface area contributed by atoms with Crippen LogP contribution in [-0.4, -0.2) is 60.4 Å². The lowest BCUT2D eigenvalue weighted by atomic mass is 9.95. The Morgan fingerprint density at radius 1 is 1.23 bits per heavy atom. The molecule has 9 nitrogen and oxygen atoms in total. The van der Waals surface area contributed by atoms with Gasteiger partial charge in [0.1, 0.15) is 22.7 Å². The summed E-state index contributed by atoms with van der Waals surface area (Å²) in [4.78, 5) is 32.4. The van der Waals surface area contributed by atoms with Crippen molar-refractivity contribution in [3.63, 3.8) is 0 Å². The van der Waals surface area contributed by atoms with Crippen LogP contribution < -0.4 is 19.8 Å². The first kappa shape index (κ1) is 25.1. The number of hydrogen-bond donors (Lipinski definition) is 1. The van der Waals surface area contributed by atoms with Gasteiger partial charge >= 0.3 is 5.97 Å². The Kier molecular flexibility index (Phi) is 5.78. The van der Waals surface area contributed by atoms with Crippen molar-refractivity contribution in [3.05, 3.63) is 63.7 Å². The van der Waals surface area contributed by atoms with Crippen molar-refractivity contribution in [2.45, 2.75) is 37.6 Å². The molecule has 0 bridgehead atoms. The Bertz CT molecular complexity index is 1590. The van der Waals surface area contributed by atoms with Crippen LogP contribution in [0.5, 0.6) is 11.5 Å². The van der Waals surface area contributed by atoms with Gasteiger partial charge in [-0.15, -0.1) is 0 Å². The number of fused-ring (bicyclic) bond motifs is 2. The minimum Gasteiger partial charge on any atom is -0.497 e. The summed E-state index contributed by atoms with van der Waals surface area (Å²) in [5.74, 6) is -1.61. The molecule has 11 heteroatoms. The van der Waals surface area contributed by atoms with Crippen LogP contribution in [0.2, 0.25) is 0 Å². The number of ether oxygens (including phenoxy) is 2. The van der Waals surface area contributed by atoms with Gasteiger partial charge in [0.25, 0.3) is 0 Å². The number of methoxy groups -OCH3 is 2. The number of pyridine rings is 1. The molecule has 3 aromatic rings. The molecule has 0 amide bonds. The number of carboxylic acid groups (broad SMARTS) is 1. The van der Waals surface area contributed by atoms with Crippen LogP contribution in [-0.2, 0) is 4.84 Å². The summed E-state index contributed by atoms with van der Waals surface area (Å²) < 4.78 is 43.4. The van der Waals surface area contributed by atoms with Crippen LogP contribution >= 0.6 is 0 Å². The summed E-state index contributed by atoms with van der Waals surface area (Å²) in [6.07, 6.45) is 1.18. The maximum absolute atomic E-state index is 15.8. The van der Waals surface area contributed by atoms with E-state index in [-0.39, 0.29) is 47.2 Å². The van der Waals surface area contributed by atoms with E-state index in [1.165, 1.54) is 11.7 Å². The van der Waals surface area contributed by atoms with Crippen molar-refractivity contribution < 1.29 is 33.0 Å². The largest absolute Gasteiger partial charge is 0.497 e. The number of oxime groups is 1. The second kappa shape index (κ2) is 8.96. The first-order chi connectivity index (χ1) is 18.7. The monoisotopic (exact) mass is 539 g/mol. The quantitative estimate of drug-likeness (QED) is 0.481. The minimum absolute atomic E-state index is 0.0484. The number of carboxylic acids is 1. The van der Waals surface area contributed by atoms with Crippen molar-refractivity contribution >= 4 is 28.3 Å². The lowest BCUT2D eigenvalue weighted by Crippen LogP contribution is -2.26. The van der Waals surface area contributed by atoms with E-state index in [0.29, 0.717) is 18.8 Å². The van der Waals surface area contributed by atoms with E-state index in [0.717, 1.165) is 23.5 Å². The lowest BCUT2D eigenvalue weighted by molar-refractivity contribution is 0.0694. The smallest absolute Gasteiger partial charge is 0.341 e. The molecule has 2 aliphatic heterocycles. The molecule has 1 saturated carbocycles. The number of halogens is 2. The van der Waals surface area contributed by atoms with E-state index < -0.39 is 34.5 Å². The zero-order chi connectivity index (χ0) is 27.6. The Hall–Kier alpha value is -4.15. The predicted octanol–water partition coefficient (Wildman–Crippen LogP) is 4.16. The van der Waals surface area contributed by atoms with Gasteiger partial charge in [-0.25, -0.2) is 13.6 Å². The van der Waals surface area contributed by atoms with E-state index >= 15 is 8.78 Å². The van der Waals surface area contributed by atoms with Crippen LogP contribution in [0, 0.1) is 11.7 Å². The number of anilines is 1. The van der Waals surface area contributed by atoms with E-state index in [2.05, 4.69) is 5.16 Å². The van der Waals surface area contributed by atoms with Crippen molar-refractivity contribution in [2.24, 2.45) is 11.1 Å². The van der Waals surface area contributed by atoms with E-state index in [1.54, 1.807) is 18.9 Å². The molecule has 6 rings (SSSR count). The second-order valence-electron chi connectivity index (χ2n) is 10.2. The maximum atomic E-state index is 15.8. The lowest BCUT2D eigenvalue weighted by Gasteiger charge is -2.25. The van der Waals surface area contributed by atoms with Gasteiger partial charge in [-0.2, -0.15) is 0 Å². The van der Waals surface area contributed by atoms with Crippen LogP contribution in [0.4, 0.5) is 14.5 Å². The molecule has 3 aliphatic rings. The highest BCUT2D eigenvalue weighted by Crippen LogP contribution is 2.55. The topological polar surface area (TPSA) is 103 Å².